The summed E-state index contributed by atoms with van der Waals surface area (Å²) in [6.07, 6.45) is -5.05. The van der Waals surface area contributed by atoms with Crippen molar-refractivity contribution in [3.05, 3.63) is 21.9 Å². The lowest BCUT2D eigenvalue weighted by Crippen LogP contribution is -2.24. The monoisotopic (exact) mass is 272 g/mol. The number of pyridine rings is 1. The summed E-state index contributed by atoms with van der Waals surface area (Å²) in [4.78, 5) is 13.0. The molecule has 1 rings (SSSR count). The molecule has 1 aromatic rings. The van der Waals surface area contributed by atoms with Crippen molar-refractivity contribution in [1.82, 2.24) is 4.98 Å². The number of nitrogens with one attached hydrogen (secondary N) is 1. The van der Waals surface area contributed by atoms with Crippen molar-refractivity contribution in [3.63, 3.8) is 0 Å². The van der Waals surface area contributed by atoms with Gasteiger partial charge in [-0.15, -0.1) is 13.2 Å². The van der Waals surface area contributed by atoms with Crippen LogP contribution in [0.5, 0.6) is 5.88 Å². The number of hydrogen-bond acceptors (Lipinski definition) is 4. The lowest BCUT2D eigenvalue weighted by molar-refractivity contribution is -0.276. The molecule has 0 atom stereocenters. The second-order valence-corrected chi connectivity index (χ2v) is 4.54. The third-order valence-corrected chi connectivity index (χ3v) is 2.70. The maximum absolute atomic E-state index is 11.9. The van der Waals surface area contributed by atoms with Gasteiger partial charge < -0.3 is 9.72 Å². The van der Waals surface area contributed by atoms with Crippen LogP contribution in [0.15, 0.2) is 15.9 Å². The summed E-state index contributed by atoms with van der Waals surface area (Å²) in [5.41, 5.74) is -1.26. The minimum atomic E-state index is -5.05. The number of hydrogen-bond donors (Lipinski definition) is 2. The molecule has 0 amide bonds. The van der Waals surface area contributed by atoms with E-state index in [2.05, 4.69) is 4.74 Å². The molecule has 0 unspecified atom stereocenters. The molecule has 96 valence electrons. The zero-order chi connectivity index (χ0) is 13.4. The van der Waals surface area contributed by atoms with Crippen LogP contribution in [0.2, 0.25) is 0 Å². The lowest BCUT2D eigenvalue weighted by atomic mass is 10.3. The molecule has 0 fully saturated rings. The van der Waals surface area contributed by atoms with E-state index in [4.69, 9.17) is 5.14 Å². The third-order valence-electron chi connectivity index (χ3n) is 1.72. The minimum absolute atomic E-state index is 0.318. The van der Waals surface area contributed by atoms with Gasteiger partial charge in [0, 0.05) is 11.6 Å². The molecule has 0 radical (unpaired) electrons. The summed E-state index contributed by atoms with van der Waals surface area (Å²) in [5, 5.41) is 3.91. The largest absolute Gasteiger partial charge is 0.574 e. The Morgan fingerprint density at radius 3 is 2.35 bits per heavy atom. The first-order valence-corrected chi connectivity index (χ1v) is 5.58. The fourth-order valence-corrected chi connectivity index (χ4v) is 1.82. The van der Waals surface area contributed by atoms with Crippen LogP contribution < -0.4 is 15.3 Å². The number of H-pyrrole nitrogens is 1. The van der Waals surface area contributed by atoms with E-state index in [1.165, 1.54) is 0 Å². The molecule has 0 saturated carbocycles. The first-order chi connectivity index (χ1) is 7.50. The molecule has 0 bridgehead atoms. The van der Waals surface area contributed by atoms with E-state index in [0.29, 0.717) is 6.07 Å². The quantitative estimate of drug-likeness (QED) is 0.804. The highest BCUT2D eigenvalue weighted by molar-refractivity contribution is 7.89. The summed E-state index contributed by atoms with van der Waals surface area (Å²) >= 11 is 0. The maximum atomic E-state index is 11.9. The highest BCUT2D eigenvalue weighted by Gasteiger charge is 2.32. The predicted octanol–water partition coefficient (Wildman–Crippen LogP) is 0.229. The number of halogens is 3. The summed E-state index contributed by atoms with van der Waals surface area (Å²) in [7, 11) is -4.34. The smallest absolute Gasteiger partial charge is 0.390 e. The Bertz CT molecular complexity index is 590. The van der Waals surface area contributed by atoms with E-state index in [-0.39, 0.29) is 5.56 Å². The van der Waals surface area contributed by atoms with E-state index in [1.54, 1.807) is 4.98 Å². The first kappa shape index (κ1) is 13.5. The summed E-state index contributed by atoms with van der Waals surface area (Å²) in [6, 6.07) is 0.484. The van der Waals surface area contributed by atoms with E-state index in [0.717, 1.165) is 6.92 Å². The van der Waals surface area contributed by atoms with Crippen LogP contribution in [-0.2, 0) is 10.0 Å². The number of sulfonamides is 1. The Labute approximate surface area is 93.3 Å². The van der Waals surface area contributed by atoms with Crippen LogP contribution in [0.4, 0.5) is 13.2 Å². The van der Waals surface area contributed by atoms with Crippen molar-refractivity contribution < 1.29 is 26.3 Å². The van der Waals surface area contributed by atoms with Crippen molar-refractivity contribution in [1.29, 1.82) is 0 Å². The average molecular weight is 272 g/mol. The van der Waals surface area contributed by atoms with Gasteiger partial charge in [0.15, 0.2) is 10.5 Å². The number of aromatic amines is 1. The van der Waals surface area contributed by atoms with Gasteiger partial charge in [-0.1, -0.05) is 0 Å². The van der Waals surface area contributed by atoms with Crippen molar-refractivity contribution >= 4 is 10.0 Å². The molecule has 0 aliphatic heterocycles. The molecule has 17 heavy (non-hydrogen) atoms. The molecule has 0 aliphatic carbocycles. The Kier molecular flexibility index (Phi) is 3.21. The van der Waals surface area contributed by atoms with Gasteiger partial charge in [-0.3, -0.25) is 4.79 Å². The van der Waals surface area contributed by atoms with Gasteiger partial charge >= 0.3 is 6.36 Å². The van der Waals surface area contributed by atoms with Gasteiger partial charge in [-0.2, -0.15) is 0 Å². The molecule has 0 aliphatic rings. The van der Waals surface area contributed by atoms with Crippen molar-refractivity contribution in [3.8, 4) is 5.88 Å². The molecule has 1 heterocycles. The van der Waals surface area contributed by atoms with Gasteiger partial charge in [0.1, 0.15) is 0 Å². The van der Waals surface area contributed by atoms with Gasteiger partial charge in [-0.25, -0.2) is 13.6 Å². The number of alkyl halides is 3. The number of ether oxygens (including phenoxy) is 1. The fourth-order valence-electron chi connectivity index (χ4n) is 1.05. The van der Waals surface area contributed by atoms with Crippen molar-refractivity contribution in [2.45, 2.75) is 18.3 Å². The number of aromatic nitrogens is 1. The van der Waals surface area contributed by atoms with E-state index in [9.17, 15) is 26.4 Å². The Balaban J connectivity index is 3.40. The molecule has 3 N–H and O–H groups in total. The highest BCUT2D eigenvalue weighted by Crippen LogP contribution is 2.21. The fraction of sp³-hybridized carbons (Fsp3) is 0.286. The molecule has 6 nitrogen and oxygen atoms in total. The highest BCUT2D eigenvalue weighted by atomic mass is 32.2. The van der Waals surface area contributed by atoms with Crippen LogP contribution in [0.3, 0.4) is 0 Å². The molecule has 10 heteroatoms. The maximum Gasteiger partial charge on any atom is 0.574 e. The van der Waals surface area contributed by atoms with Crippen LogP contribution in [0.25, 0.3) is 0 Å². The zero-order valence-electron chi connectivity index (χ0n) is 8.33. The standard InChI is InChI=1S/C7H7F3N2O4S/c1-3-4(13)2-5(16-7(8,9)10)12-6(3)17(11,14)15/h2H,1H3,(H,12,13)(H2,11,14,15). The van der Waals surface area contributed by atoms with Crippen LogP contribution in [0.1, 0.15) is 5.56 Å². The summed E-state index contributed by atoms with van der Waals surface area (Å²) in [6.45, 7) is 1.11. The molecular weight excluding hydrogens is 265 g/mol. The number of nitrogens with two attached hydrogens (primary N) is 1. The first-order valence-electron chi connectivity index (χ1n) is 4.03. The Hall–Kier alpha value is -1.55. The van der Waals surface area contributed by atoms with E-state index >= 15 is 0 Å². The lowest BCUT2D eigenvalue weighted by Gasteiger charge is -2.10. The minimum Gasteiger partial charge on any atom is -0.390 e. The third kappa shape index (κ3) is 3.46. The van der Waals surface area contributed by atoms with Crippen molar-refractivity contribution in [2.24, 2.45) is 5.14 Å². The predicted molar refractivity (Wildman–Crippen MR) is 49.9 cm³/mol. The second kappa shape index (κ2) is 4.04. The van der Waals surface area contributed by atoms with Crippen LogP contribution in [-0.4, -0.2) is 19.8 Å². The Morgan fingerprint density at radius 1 is 1.41 bits per heavy atom. The second-order valence-electron chi connectivity index (χ2n) is 3.04. The molecule has 0 spiro atoms. The van der Waals surface area contributed by atoms with Crippen LogP contribution in [0, 0.1) is 6.92 Å². The molecule has 0 saturated heterocycles. The topological polar surface area (TPSA) is 102 Å². The zero-order valence-corrected chi connectivity index (χ0v) is 9.15. The normalized spacial score (nSPS) is 12.5. The average Bonchev–Trinajstić information content (AvgIpc) is 2.06. The SMILES string of the molecule is Cc1c(S(N)(=O)=O)[nH]c(OC(F)(F)F)cc1=O. The number of rotatable bonds is 2. The van der Waals surface area contributed by atoms with Gasteiger partial charge in [0.2, 0.25) is 5.88 Å². The number of primary sulfonamides is 1. The van der Waals surface area contributed by atoms with Crippen LogP contribution >= 0.6 is 0 Å². The summed E-state index contributed by atoms with van der Waals surface area (Å²) < 4.78 is 61.0. The Morgan fingerprint density at radius 2 is 1.94 bits per heavy atom. The molecule has 0 aromatic carbocycles. The van der Waals surface area contributed by atoms with Crippen molar-refractivity contribution in [2.75, 3.05) is 0 Å². The van der Waals surface area contributed by atoms with Gasteiger partial charge in [0.25, 0.3) is 10.0 Å². The van der Waals surface area contributed by atoms with Gasteiger partial charge in [0.05, 0.1) is 0 Å². The molecule has 1 aromatic heterocycles. The van der Waals surface area contributed by atoms with E-state index in [1.807, 2.05) is 0 Å². The molecular formula is C7H7F3N2O4S. The van der Waals surface area contributed by atoms with Gasteiger partial charge in [-0.05, 0) is 6.92 Å². The summed E-state index contributed by atoms with van der Waals surface area (Å²) in [5.74, 6) is -1.04. The van der Waals surface area contributed by atoms with E-state index < -0.39 is 32.7 Å².